The van der Waals surface area contributed by atoms with Crippen LogP contribution >= 0.6 is 0 Å². The number of hydrogen-bond donors (Lipinski definition) is 14. The van der Waals surface area contributed by atoms with Crippen LogP contribution in [-0.2, 0) is 42.7 Å². The van der Waals surface area contributed by atoms with E-state index in [-0.39, 0.29) is 41.1 Å². The number of aliphatic hydroxyl groups is 14. The van der Waals surface area contributed by atoms with E-state index in [0.29, 0.717) is 32.1 Å². The maximum atomic E-state index is 14.8. The van der Waals surface area contributed by atoms with Crippen molar-refractivity contribution in [2.24, 2.45) is 50.2 Å². The van der Waals surface area contributed by atoms with Crippen LogP contribution < -0.4 is 0 Å². The summed E-state index contributed by atoms with van der Waals surface area (Å²) in [5.74, 6) is -0.955. The maximum Gasteiger partial charge on any atom is 0.317 e. The van der Waals surface area contributed by atoms with Crippen LogP contribution in [0.5, 0.6) is 0 Å². The SMILES string of the molecule is CC1(C)CC[C@@]2(C(=O)O[C@@H]3O[C@H](CO)[C@@H](O)[C@H](O)[C@H]3O)C(C1)C1=CC[C@@H]3[C@@]4(C)CC[C@H](O[C@@H]5OC[C@H](O)[C@H](O[C@@H]6O[C@H](CO)[C@@H](O)[C@H](O[C@@H]7O[C@H](CO)[C@@H](O)[C@H](O)[C@H]7O)[C@H]6O)[C@H]5O)C(C)(C)C4CC[C@@]3(C)[C@]1(C)C[C@H]2O. The number of hydrogen-bond acceptors (Lipinski definition) is 23. The Labute approximate surface area is 442 Å². The first-order valence-electron chi connectivity index (χ1n) is 27.3. The Morgan fingerprint density at radius 3 is 1.75 bits per heavy atom. The van der Waals surface area contributed by atoms with Gasteiger partial charge < -0.3 is 109 Å². The monoisotopic (exact) mass is 1090 g/mol. The van der Waals surface area contributed by atoms with Crippen LogP contribution in [0.2, 0.25) is 0 Å². The van der Waals surface area contributed by atoms with E-state index in [2.05, 4.69) is 54.5 Å². The predicted octanol–water partition coefficient (Wildman–Crippen LogP) is -2.43. The molecular formula is C53H86O23. The summed E-state index contributed by atoms with van der Waals surface area (Å²) in [7, 11) is 0. The lowest BCUT2D eigenvalue weighted by molar-refractivity contribution is -0.379. The van der Waals surface area contributed by atoms with Gasteiger partial charge in [0.05, 0.1) is 38.6 Å². The Hall–Kier alpha value is -1.63. The molecule has 5 aliphatic carbocycles. The van der Waals surface area contributed by atoms with Crippen molar-refractivity contribution in [1.29, 1.82) is 0 Å². The number of rotatable bonds is 11. The Balaban J connectivity index is 0.910. The number of fused-ring (bicyclic) bond motifs is 7. The second-order valence-electron chi connectivity index (χ2n) is 25.9. The molecule has 4 aliphatic heterocycles. The normalized spacial score (nSPS) is 54.0. The van der Waals surface area contributed by atoms with Gasteiger partial charge in [-0.2, -0.15) is 0 Å². The molecule has 0 spiro atoms. The molecule has 0 aromatic heterocycles. The second kappa shape index (κ2) is 21.3. The van der Waals surface area contributed by atoms with E-state index in [1.54, 1.807) is 0 Å². The molecule has 9 rings (SSSR count). The Bertz CT molecular complexity index is 2090. The van der Waals surface area contributed by atoms with E-state index in [4.69, 9.17) is 37.9 Å². The lowest BCUT2D eigenvalue weighted by atomic mass is 9.33. The van der Waals surface area contributed by atoms with Gasteiger partial charge in [0.2, 0.25) is 6.29 Å². The summed E-state index contributed by atoms with van der Waals surface area (Å²) in [5.41, 5.74) is -2.15. The van der Waals surface area contributed by atoms with Gasteiger partial charge in [0, 0.05) is 0 Å². The van der Waals surface area contributed by atoms with Crippen LogP contribution in [0.1, 0.15) is 106 Å². The minimum atomic E-state index is -1.91. The number of carbonyl (C=O) groups excluding carboxylic acids is 1. The fourth-order valence-electron chi connectivity index (χ4n) is 16.3. The molecule has 23 nitrogen and oxygen atoms in total. The molecule has 0 radical (unpaired) electrons. The zero-order valence-electron chi connectivity index (χ0n) is 44.6. The zero-order chi connectivity index (χ0) is 55.6. The van der Waals surface area contributed by atoms with Crippen LogP contribution in [0.25, 0.3) is 0 Å². The fraction of sp³-hybridized carbons (Fsp3) is 0.943. The van der Waals surface area contributed by atoms with Crippen molar-refractivity contribution in [3.8, 4) is 0 Å². The minimum Gasteiger partial charge on any atom is -0.432 e. The molecule has 0 aromatic carbocycles. The van der Waals surface area contributed by atoms with Gasteiger partial charge in [-0.15, -0.1) is 0 Å². The Morgan fingerprint density at radius 2 is 1.13 bits per heavy atom. The quantitative estimate of drug-likeness (QED) is 0.0581. The third kappa shape index (κ3) is 9.37. The van der Waals surface area contributed by atoms with Gasteiger partial charge in [-0.05, 0) is 103 Å². The molecule has 8 fully saturated rings. The summed E-state index contributed by atoms with van der Waals surface area (Å²) in [6.45, 7) is 12.9. The first-order valence-corrected chi connectivity index (χ1v) is 27.3. The molecule has 0 aromatic rings. The molecule has 4 saturated heterocycles. The summed E-state index contributed by atoms with van der Waals surface area (Å²) in [6.07, 6.45) is -25.3. The van der Waals surface area contributed by atoms with Gasteiger partial charge in [0.25, 0.3) is 0 Å². The molecular weight excluding hydrogens is 1000 g/mol. The average molecular weight is 1090 g/mol. The standard InChI is InChI=1S/C53H86O23/c1-48(2)14-15-53(47(68)76-45-38(65)36(63)33(60)26(19-55)71-45)23(16-48)22-8-9-29-50(5)12-11-31(49(3,4)28(50)10-13-51(29,6)52(22,7)17-30(53)58)73-43-39(66)41(24(57)21-69-43)74-46-40(67)42(34(61)27(20-56)72-46)75-44-37(64)35(62)32(59)25(18-54)70-44/h8,23-46,54-67H,9-21H2,1-7H3/t23?,24-,25+,26+,27+,28?,29+,30+,31-,32+,33+,34+,35-,36-,37+,38+,39+,40+,41-,42-,43-,44-,45-,46-,50-,51+,52+,53+/m0/s1. The summed E-state index contributed by atoms with van der Waals surface area (Å²) in [4.78, 5) is 14.8. The molecule has 76 heavy (non-hydrogen) atoms. The summed E-state index contributed by atoms with van der Waals surface area (Å²) >= 11 is 0. The maximum absolute atomic E-state index is 14.8. The van der Waals surface area contributed by atoms with Crippen LogP contribution in [0.4, 0.5) is 0 Å². The molecule has 436 valence electrons. The van der Waals surface area contributed by atoms with Crippen molar-refractivity contribution in [2.45, 2.75) is 235 Å². The van der Waals surface area contributed by atoms with Crippen molar-refractivity contribution >= 4 is 5.97 Å². The van der Waals surface area contributed by atoms with Gasteiger partial charge in [0.1, 0.15) is 97.0 Å². The molecule has 28 atom stereocenters. The average Bonchev–Trinajstić information content (AvgIpc) is 3.56. The van der Waals surface area contributed by atoms with E-state index < -0.39 is 177 Å². The highest BCUT2D eigenvalue weighted by atomic mass is 16.8. The number of ether oxygens (including phenoxy) is 8. The molecule has 4 heterocycles. The van der Waals surface area contributed by atoms with Gasteiger partial charge in [-0.1, -0.05) is 60.1 Å². The molecule has 23 heteroatoms. The first-order chi connectivity index (χ1) is 35.6. The topological polar surface area (TPSA) is 374 Å². The number of carbonyl (C=O) groups is 1. The van der Waals surface area contributed by atoms with Crippen molar-refractivity contribution in [3.63, 3.8) is 0 Å². The van der Waals surface area contributed by atoms with E-state index >= 15 is 0 Å². The molecule has 0 bridgehead atoms. The summed E-state index contributed by atoms with van der Waals surface area (Å²) in [5, 5.41) is 151. The van der Waals surface area contributed by atoms with Crippen molar-refractivity contribution < 1.29 is 114 Å². The highest BCUT2D eigenvalue weighted by molar-refractivity contribution is 5.80. The van der Waals surface area contributed by atoms with Gasteiger partial charge in [-0.3, -0.25) is 4.79 Å². The van der Waals surface area contributed by atoms with E-state index in [1.165, 1.54) is 0 Å². The summed E-state index contributed by atoms with van der Waals surface area (Å²) < 4.78 is 47.1. The van der Waals surface area contributed by atoms with Gasteiger partial charge in [0.15, 0.2) is 18.9 Å². The number of aliphatic hydroxyl groups excluding tert-OH is 14. The van der Waals surface area contributed by atoms with E-state index in [0.717, 1.165) is 24.8 Å². The van der Waals surface area contributed by atoms with E-state index in [9.17, 15) is 76.3 Å². The van der Waals surface area contributed by atoms with Crippen LogP contribution in [0, 0.1) is 50.2 Å². The highest BCUT2D eigenvalue weighted by Gasteiger charge is 2.72. The highest BCUT2D eigenvalue weighted by Crippen LogP contribution is 2.76. The van der Waals surface area contributed by atoms with E-state index in [1.807, 2.05) is 0 Å². The third-order valence-corrected chi connectivity index (χ3v) is 21.1. The Kier molecular flexibility index (Phi) is 16.5. The van der Waals surface area contributed by atoms with Gasteiger partial charge in [-0.25, -0.2) is 0 Å². The van der Waals surface area contributed by atoms with Crippen molar-refractivity contribution in [1.82, 2.24) is 0 Å². The van der Waals surface area contributed by atoms with Crippen LogP contribution in [0.15, 0.2) is 11.6 Å². The largest absolute Gasteiger partial charge is 0.432 e. The number of allylic oxidation sites excluding steroid dienone is 2. The third-order valence-electron chi connectivity index (χ3n) is 21.1. The minimum absolute atomic E-state index is 0.0942. The molecule has 14 N–H and O–H groups in total. The van der Waals surface area contributed by atoms with Crippen molar-refractivity contribution in [2.75, 3.05) is 26.4 Å². The number of esters is 1. The summed E-state index contributed by atoms with van der Waals surface area (Å²) in [6, 6.07) is 0. The lowest BCUT2D eigenvalue weighted by Crippen LogP contribution is -2.68. The van der Waals surface area contributed by atoms with Crippen LogP contribution in [0.3, 0.4) is 0 Å². The van der Waals surface area contributed by atoms with Crippen molar-refractivity contribution in [3.05, 3.63) is 11.6 Å². The molecule has 9 aliphatic rings. The van der Waals surface area contributed by atoms with Crippen LogP contribution in [-0.4, -0.2) is 233 Å². The molecule has 4 saturated carbocycles. The smallest absolute Gasteiger partial charge is 0.317 e. The molecule has 0 amide bonds. The van der Waals surface area contributed by atoms with Gasteiger partial charge >= 0.3 is 5.97 Å². The molecule has 2 unspecified atom stereocenters. The zero-order valence-corrected chi connectivity index (χ0v) is 44.6. The predicted molar refractivity (Wildman–Crippen MR) is 258 cm³/mol. The Morgan fingerprint density at radius 1 is 0.579 bits per heavy atom. The fourth-order valence-corrected chi connectivity index (χ4v) is 16.3. The lowest BCUT2D eigenvalue weighted by Gasteiger charge is -2.71. The first kappa shape index (κ1) is 59.0. The second-order valence-corrected chi connectivity index (χ2v) is 25.9.